The first-order chi connectivity index (χ1) is 12.4. The predicted molar refractivity (Wildman–Crippen MR) is 100 cm³/mol. The van der Waals surface area contributed by atoms with Gasteiger partial charge in [0, 0.05) is 19.5 Å². The highest BCUT2D eigenvalue weighted by Crippen LogP contribution is 2.43. The first-order valence-electron chi connectivity index (χ1n) is 9.51. The molecular weight excluding hydrogens is 352 g/mol. The molecule has 0 bridgehead atoms. The van der Waals surface area contributed by atoms with Crippen molar-refractivity contribution in [3.05, 3.63) is 0 Å². The van der Waals surface area contributed by atoms with Crippen molar-refractivity contribution in [3.8, 4) is 0 Å². The molecule has 2 amide bonds. The summed E-state index contributed by atoms with van der Waals surface area (Å²) in [5.41, 5.74) is -1.92. The minimum Gasteiger partial charge on any atom is -0.481 e. The van der Waals surface area contributed by atoms with Crippen LogP contribution in [-0.2, 0) is 14.3 Å². The van der Waals surface area contributed by atoms with Crippen molar-refractivity contribution in [2.24, 2.45) is 11.3 Å². The molecule has 0 radical (unpaired) electrons. The van der Waals surface area contributed by atoms with Gasteiger partial charge in [0.25, 0.3) is 0 Å². The van der Waals surface area contributed by atoms with Gasteiger partial charge in [0.15, 0.2) is 0 Å². The van der Waals surface area contributed by atoms with Gasteiger partial charge in [0.2, 0.25) is 5.91 Å². The van der Waals surface area contributed by atoms with Crippen LogP contribution in [0.1, 0.15) is 66.7 Å². The van der Waals surface area contributed by atoms with Crippen molar-refractivity contribution in [1.29, 1.82) is 0 Å². The summed E-state index contributed by atoms with van der Waals surface area (Å²) in [5, 5.41) is 25.6. The third-order valence-electron chi connectivity index (χ3n) is 5.00. The summed E-state index contributed by atoms with van der Waals surface area (Å²) in [6, 6.07) is -0.444. The van der Waals surface area contributed by atoms with Crippen LogP contribution < -0.4 is 10.6 Å². The number of carbonyl (C=O) groups is 3. The maximum absolute atomic E-state index is 11.9. The van der Waals surface area contributed by atoms with E-state index >= 15 is 0 Å². The lowest BCUT2D eigenvalue weighted by molar-refractivity contribution is -0.155. The quantitative estimate of drug-likeness (QED) is 0.506. The summed E-state index contributed by atoms with van der Waals surface area (Å²) in [7, 11) is 0. The van der Waals surface area contributed by atoms with Crippen molar-refractivity contribution in [3.63, 3.8) is 0 Å². The molecule has 1 rings (SSSR count). The lowest BCUT2D eigenvalue weighted by Crippen LogP contribution is -2.40. The molecule has 0 aromatic carbocycles. The Kier molecular flexibility index (Phi) is 8.07. The number of aliphatic hydroxyl groups is 1. The summed E-state index contributed by atoms with van der Waals surface area (Å²) in [6.07, 6.45) is 0.388. The fourth-order valence-corrected chi connectivity index (χ4v) is 3.49. The van der Waals surface area contributed by atoms with Crippen LogP contribution in [-0.4, -0.2) is 52.5 Å². The Morgan fingerprint density at radius 3 is 2.41 bits per heavy atom. The molecule has 0 heterocycles. The number of carbonyl (C=O) groups excluding carboxylic acids is 2. The molecule has 0 saturated heterocycles. The van der Waals surface area contributed by atoms with Crippen molar-refractivity contribution >= 4 is 18.0 Å². The van der Waals surface area contributed by atoms with Crippen molar-refractivity contribution in [2.75, 3.05) is 6.54 Å². The van der Waals surface area contributed by atoms with Gasteiger partial charge in [0.05, 0.1) is 11.5 Å². The normalized spacial score (nSPS) is 26.3. The van der Waals surface area contributed by atoms with Crippen LogP contribution in [0.15, 0.2) is 0 Å². The number of carboxylic acid groups (broad SMARTS) is 1. The molecule has 27 heavy (non-hydrogen) atoms. The van der Waals surface area contributed by atoms with Gasteiger partial charge >= 0.3 is 12.1 Å². The highest BCUT2D eigenvalue weighted by atomic mass is 16.6. The summed E-state index contributed by atoms with van der Waals surface area (Å²) < 4.78 is 5.21. The second-order valence-corrected chi connectivity index (χ2v) is 8.68. The largest absolute Gasteiger partial charge is 0.481 e. The van der Waals surface area contributed by atoms with Crippen molar-refractivity contribution in [1.82, 2.24) is 10.6 Å². The molecule has 156 valence electrons. The van der Waals surface area contributed by atoms with Crippen LogP contribution >= 0.6 is 0 Å². The maximum Gasteiger partial charge on any atom is 0.407 e. The number of hydrogen-bond donors (Lipinski definition) is 4. The Hall–Kier alpha value is -1.83. The van der Waals surface area contributed by atoms with Crippen LogP contribution in [0.25, 0.3) is 0 Å². The van der Waals surface area contributed by atoms with Crippen molar-refractivity contribution in [2.45, 2.75) is 84.5 Å². The molecule has 0 spiro atoms. The molecule has 4 atom stereocenters. The third-order valence-corrected chi connectivity index (χ3v) is 5.00. The number of amides is 2. The Labute approximate surface area is 161 Å². The van der Waals surface area contributed by atoms with Gasteiger partial charge in [-0.05, 0) is 58.8 Å². The fourth-order valence-electron chi connectivity index (χ4n) is 3.49. The fraction of sp³-hybridized carbons (Fsp3) is 0.842. The second kappa shape index (κ2) is 9.39. The molecule has 8 nitrogen and oxygen atoms in total. The number of ether oxygens (including phenoxy) is 1. The van der Waals surface area contributed by atoms with Crippen LogP contribution in [0.4, 0.5) is 4.79 Å². The Morgan fingerprint density at radius 2 is 1.89 bits per heavy atom. The molecule has 1 saturated carbocycles. The zero-order chi connectivity index (χ0) is 20.8. The molecule has 1 aliphatic carbocycles. The number of rotatable bonds is 8. The summed E-state index contributed by atoms with van der Waals surface area (Å²) in [5.74, 6) is -0.929. The van der Waals surface area contributed by atoms with E-state index in [0.717, 1.165) is 6.42 Å². The van der Waals surface area contributed by atoms with Gasteiger partial charge in [0.1, 0.15) is 5.60 Å². The molecule has 8 heteroatoms. The number of aliphatic hydroxyl groups excluding tert-OH is 1. The minimum atomic E-state index is -1.28. The van der Waals surface area contributed by atoms with Crippen molar-refractivity contribution < 1.29 is 29.3 Å². The van der Waals surface area contributed by atoms with Crippen LogP contribution in [0.3, 0.4) is 0 Å². The van der Waals surface area contributed by atoms with Gasteiger partial charge in [-0.3, -0.25) is 9.59 Å². The Balaban J connectivity index is 2.63. The topological polar surface area (TPSA) is 125 Å². The zero-order valence-electron chi connectivity index (χ0n) is 17.0. The number of carboxylic acids is 1. The number of hydrogen-bond acceptors (Lipinski definition) is 5. The van der Waals surface area contributed by atoms with Gasteiger partial charge in [-0.1, -0.05) is 6.92 Å². The van der Waals surface area contributed by atoms with E-state index in [1.165, 1.54) is 6.92 Å². The van der Waals surface area contributed by atoms with E-state index in [1.54, 1.807) is 20.8 Å². The highest BCUT2D eigenvalue weighted by molar-refractivity contribution is 5.76. The third kappa shape index (κ3) is 7.36. The van der Waals surface area contributed by atoms with E-state index < -0.39 is 35.2 Å². The van der Waals surface area contributed by atoms with Crippen LogP contribution in [0.2, 0.25) is 0 Å². The monoisotopic (exact) mass is 386 g/mol. The molecule has 0 aliphatic heterocycles. The Bertz CT molecular complexity index is 545. The van der Waals surface area contributed by atoms with Gasteiger partial charge in [-0.25, -0.2) is 4.79 Å². The van der Waals surface area contributed by atoms with E-state index in [1.807, 2.05) is 6.92 Å². The van der Waals surface area contributed by atoms with Crippen LogP contribution in [0, 0.1) is 11.3 Å². The SMILES string of the molecule is CC(=O)NCCC(C)CCC1(C(=O)O)CC(NC(=O)OC(C)(C)C)CC1O. The van der Waals surface area contributed by atoms with Gasteiger partial charge in [-0.15, -0.1) is 0 Å². The average molecular weight is 386 g/mol. The second-order valence-electron chi connectivity index (χ2n) is 8.68. The summed E-state index contributed by atoms with van der Waals surface area (Å²) >= 11 is 0. The summed E-state index contributed by atoms with van der Waals surface area (Å²) in [4.78, 5) is 34.8. The highest BCUT2D eigenvalue weighted by Gasteiger charge is 2.52. The van der Waals surface area contributed by atoms with E-state index in [4.69, 9.17) is 4.74 Å². The van der Waals surface area contributed by atoms with Gasteiger partial charge in [-0.2, -0.15) is 0 Å². The molecule has 0 aromatic rings. The van der Waals surface area contributed by atoms with Crippen LogP contribution in [0.5, 0.6) is 0 Å². The standard InChI is InChI=1S/C19H34N2O6/c1-12(7-9-20-13(2)22)6-8-19(16(24)25)11-14(10-15(19)23)21-17(26)27-18(3,4)5/h12,14-15,23H,6-11H2,1-5H3,(H,20,22)(H,21,26)(H,24,25). The molecule has 0 aromatic heterocycles. The van der Waals surface area contributed by atoms with Gasteiger partial charge < -0.3 is 25.6 Å². The molecule has 1 fully saturated rings. The van der Waals surface area contributed by atoms with E-state index in [0.29, 0.717) is 19.4 Å². The zero-order valence-corrected chi connectivity index (χ0v) is 17.0. The number of nitrogens with one attached hydrogen (secondary N) is 2. The first-order valence-corrected chi connectivity index (χ1v) is 9.51. The Morgan fingerprint density at radius 1 is 1.26 bits per heavy atom. The molecule has 1 aliphatic rings. The van der Waals surface area contributed by atoms with E-state index in [2.05, 4.69) is 10.6 Å². The number of alkyl carbamates (subject to hydrolysis) is 1. The predicted octanol–water partition coefficient (Wildman–Crippen LogP) is 2.05. The molecular formula is C19H34N2O6. The lowest BCUT2D eigenvalue weighted by Gasteiger charge is -2.29. The average Bonchev–Trinajstić information content (AvgIpc) is 2.79. The lowest BCUT2D eigenvalue weighted by atomic mass is 9.77. The van der Waals surface area contributed by atoms with E-state index in [9.17, 15) is 24.6 Å². The van der Waals surface area contributed by atoms with E-state index in [-0.39, 0.29) is 24.7 Å². The first kappa shape index (κ1) is 23.2. The molecule has 4 unspecified atom stereocenters. The number of aliphatic carboxylic acids is 1. The minimum absolute atomic E-state index is 0.0912. The smallest absolute Gasteiger partial charge is 0.407 e. The maximum atomic E-state index is 11.9. The molecule has 4 N–H and O–H groups in total. The summed E-state index contributed by atoms with van der Waals surface area (Å²) in [6.45, 7) is 9.24.